The van der Waals surface area contributed by atoms with Crippen LogP contribution in [0.5, 0.6) is 11.5 Å². The van der Waals surface area contributed by atoms with Crippen LogP contribution in [0.2, 0.25) is 0 Å². The second-order valence-electron chi connectivity index (χ2n) is 10.3. The van der Waals surface area contributed by atoms with Gasteiger partial charge in [-0.3, -0.25) is 24.2 Å². The van der Waals surface area contributed by atoms with Gasteiger partial charge in [0.1, 0.15) is 5.57 Å². The Morgan fingerprint density at radius 2 is 1.45 bits per heavy atom. The molecule has 9 heteroatoms. The van der Waals surface area contributed by atoms with Crippen molar-refractivity contribution in [2.45, 2.75) is 20.8 Å². The van der Waals surface area contributed by atoms with Gasteiger partial charge in [-0.05, 0) is 104 Å². The zero-order valence-corrected chi connectivity index (χ0v) is 25.6. The predicted octanol–water partition coefficient (Wildman–Crippen LogP) is 6.39. The molecule has 0 spiro atoms. The summed E-state index contributed by atoms with van der Waals surface area (Å²) in [6.45, 7) is 5.60. The standard InChI is InChI=1S/C35H31N3O5S/c1-22-14-16-27(18-24(22)3)38-34(41)28(33(40)37(35(38)44)26-11-6-5-7-12-26)19-25-15-17-30(31(20-25)42-4)43-21-32(39)36-29-13-9-8-10-23(29)2/h5-20H,21H2,1-4H3,(H,36,39)/b28-19+. The van der Waals surface area contributed by atoms with Gasteiger partial charge in [0.15, 0.2) is 23.2 Å². The summed E-state index contributed by atoms with van der Waals surface area (Å²) in [5, 5.41) is 2.90. The van der Waals surface area contributed by atoms with Gasteiger partial charge in [0, 0.05) is 5.69 Å². The van der Waals surface area contributed by atoms with Crippen LogP contribution in [0, 0.1) is 20.8 Å². The predicted molar refractivity (Wildman–Crippen MR) is 176 cm³/mol. The van der Waals surface area contributed by atoms with E-state index in [1.54, 1.807) is 42.5 Å². The number of nitrogens with zero attached hydrogens (tertiary/aromatic N) is 2. The number of hydrogen-bond acceptors (Lipinski definition) is 6. The fraction of sp³-hybridized carbons (Fsp3) is 0.143. The first kappa shape index (κ1) is 30.2. The van der Waals surface area contributed by atoms with Crippen molar-refractivity contribution in [1.29, 1.82) is 0 Å². The van der Waals surface area contributed by atoms with Crippen molar-refractivity contribution in [2.24, 2.45) is 0 Å². The Morgan fingerprint density at radius 1 is 0.773 bits per heavy atom. The molecule has 0 aliphatic carbocycles. The molecule has 1 fully saturated rings. The van der Waals surface area contributed by atoms with Crippen LogP contribution in [0.25, 0.3) is 6.08 Å². The number of aryl methyl sites for hydroxylation is 3. The van der Waals surface area contributed by atoms with E-state index >= 15 is 0 Å². The third-order valence-electron chi connectivity index (χ3n) is 7.29. The molecule has 1 heterocycles. The molecule has 0 unspecified atom stereocenters. The zero-order valence-electron chi connectivity index (χ0n) is 24.8. The normalized spacial score (nSPS) is 14.2. The minimum atomic E-state index is -0.543. The molecule has 8 nitrogen and oxygen atoms in total. The van der Waals surface area contributed by atoms with Crippen molar-refractivity contribution >= 4 is 58.2 Å². The lowest BCUT2D eigenvalue weighted by atomic mass is 10.0. The van der Waals surface area contributed by atoms with Crippen molar-refractivity contribution in [3.63, 3.8) is 0 Å². The van der Waals surface area contributed by atoms with Gasteiger partial charge in [0.05, 0.1) is 18.5 Å². The SMILES string of the molecule is COc1cc(/C=C2\C(=O)N(c3ccccc3)C(=S)N(c3ccc(C)c(C)c3)C2=O)ccc1OCC(=O)Nc1ccccc1C. The van der Waals surface area contributed by atoms with Crippen LogP contribution in [-0.4, -0.2) is 36.6 Å². The van der Waals surface area contributed by atoms with E-state index < -0.39 is 11.8 Å². The molecule has 0 saturated carbocycles. The number of para-hydroxylation sites is 2. The maximum Gasteiger partial charge on any atom is 0.270 e. The number of nitrogens with one attached hydrogen (secondary N) is 1. The second kappa shape index (κ2) is 12.9. The molecule has 0 atom stereocenters. The minimum absolute atomic E-state index is 0.0666. The van der Waals surface area contributed by atoms with E-state index in [-0.39, 0.29) is 23.2 Å². The molecule has 1 saturated heterocycles. The number of carbonyl (C=O) groups is 3. The monoisotopic (exact) mass is 605 g/mol. The molecule has 4 aromatic rings. The Labute approximate surface area is 261 Å². The molecule has 1 aliphatic heterocycles. The highest BCUT2D eigenvalue weighted by molar-refractivity contribution is 7.81. The van der Waals surface area contributed by atoms with E-state index in [2.05, 4.69) is 5.32 Å². The van der Waals surface area contributed by atoms with E-state index in [9.17, 15) is 14.4 Å². The third-order valence-corrected chi connectivity index (χ3v) is 7.65. The van der Waals surface area contributed by atoms with Gasteiger partial charge in [-0.2, -0.15) is 0 Å². The van der Waals surface area contributed by atoms with Crippen molar-refractivity contribution in [2.75, 3.05) is 28.8 Å². The summed E-state index contributed by atoms with van der Waals surface area (Å²) < 4.78 is 11.3. The Hall–Kier alpha value is -5.28. The van der Waals surface area contributed by atoms with E-state index in [0.29, 0.717) is 34.1 Å². The first-order valence-corrected chi connectivity index (χ1v) is 14.3. The highest BCUT2D eigenvalue weighted by atomic mass is 32.1. The number of hydrogen-bond donors (Lipinski definition) is 1. The number of carbonyl (C=O) groups excluding carboxylic acids is 3. The highest BCUT2D eigenvalue weighted by Gasteiger charge is 2.41. The average Bonchev–Trinajstić information content (AvgIpc) is 3.02. The maximum absolute atomic E-state index is 13.9. The Bertz CT molecular complexity index is 1800. The second-order valence-corrected chi connectivity index (χ2v) is 10.7. The average molecular weight is 606 g/mol. The molecular formula is C35H31N3O5S. The Kier molecular flexibility index (Phi) is 8.87. The van der Waals surface area contributed by atoms with Gasteiger partial charge >= 0.3 is 0 Å². The molecule has 0 aromatic heterocycles. The fourth-order valence-electron chi connectivity index (χ4n) is 4.73. The molecule has 222 valence electrons. The molecule has 0 radical (unpaired) electrons. The molecular weight excluding hydrogens is 574 g/mol. The molecule has 4 aromatic carbocycles. The van der Waals surface area contributed by atoms with Crippen molar-refractivity contribution in [3.05, 3.63) is 119 Å². The minimum Gasteiger partial charge on any atom is -0.493 e. The number of methoxy groups -OCH3 is 1. The van der Waals surface area contributed by atoms with Crippen molar-refractivity contribution < 1.29 is 23.9 Å². The summed E-state index contributed by atoms with van der Waals surface area (Å²) in [5.41, 5.74) is 5.25. The van der Waals surface area contributed by atoms with Crippen LogP contribution in [0.15, 0.2) is 96.6 Å². The van der Waals surface area contributed by atoms with Crippen LogP contribution in [0.1, 0.15) is 22.3 Å². The molecule has 44 heavy (non-hydrogen) atoms. The topological polar surface area (TPSA) is 88.2 Å². The van der Waals surface area contributed by atoms with Crippen LogP contribution < -0.4 is 24.6 Å². The number of ether oxygens (including phenoxy) is 2. The number of thiocarbonyl (C=S) groups is 1. The summed E-state index contributed by atoms with van der Waals surface area (Å²) >= 11 is 5.73. The van der Waals surface area contributed by atoms with Crippen LogP contribution in [0.3, 0.4) is 0 Å². The zero-order chi connectivity index (χ0) is 31.4. The summed E-state index contributed by atoms with van der Waals surface area (Å²) in [5.74, 6) is -0.740. The van der Waals surface area contributed by atoms with Crippen LogP contribution >= 0.6 is 12.2 Å². The van der Waals surface area contributed by atoms with E-state index in [4.69, 9.17) is 21.7 Å². The Morgan fingerprint density at radius 3 is 2.14 bits per heavy atom. The summed E-state index contributed by atoms with van der Waals surface area (Å²) in [7, 11) is 1.47. The smallest absolute Gasteiger partial charge is 0.270 e. The van der Waals surface area contributed by atoms with Gasteiger partial charge < -0.3 is 14.8 Å². The maximum atomic E-state index is 13.9. The summed E-state index contributed by atoms with van der Waals surface area (Å²) in [6.07, 6.45) is 1.51. The van der Waals surface area contributed by atoms with Gasteiger partial charge in [0.2, 0.25) is 0 Å². The van der Waals surface area contributed by atoms with E-state index in [1.807, 2.05) is 69.3 Å². The van der Waals surface area contributed by atoms with Gasteiger partial charge in [0.25, 0.3) is 17.7 Å². The fourth-order valence-corrected chi connectivity index (χ4v) is 5.11. The first-order valence-electron chi connectivity index (χ1n) is 13.9. The van der Waals surface area contributed by atoms with E-state index in [1.165, 1.54) is 23.0 Å². The van der Waals surface area contributed by atoms with Crippen LogP contribution in [-0.2, 0) is 14.4 Å². The molecule has 1 N–H and O–H groups in total. The number of anilines is 3. The summed E-state index contributed by atoms with van der Waals surface area (Å²) in [6, 6.07) is 27.0. The Balaban J connectivity index is 1.45. The van der Waals surface area contributed by atoms with E-state index in [0.717, 1.165) is 16.7 Å². The molecule has 3 amide bonds. The molecule has 5 rings (SSSR count). The van der Waals surface area contributed by atoms with Gasteiger partial charge in [-0.25, -0.2) is 0 Å². The van der Waals surface area contributed by atoms with Crippen molar-refractivity contribution in [1.82, 2.24) is 0 Å². The third kappa shape index (κ3) is 6.23. The number of amides is 3. The largest absolute Gasteiger partial charge is 0.493 e. The summed E-state index contributed by atoms with van der Waals surface area (Å²) in [4.78, 5) is 43.0. The van der Waals surface area contributed by atoms with Gasteiger partial charge in [-0.15, -0.1) is 0 Å². The molecule has 1 aliphatic rings. The first-order chi connectivity index (χ1) is 21.2. The number of rotatable bonds is 8. The molecule has 0 bridgehead atoms. The van der Waals surface area contributed by atoms with Crippen LogP contribution in [0.4, 0.5) is 17.1 Å². The quantitative estimate of drug-likeness (QED) is 0.142. The van der Waals surface area contributed by atoms with Gasteiger partial charge in [-0.1, -0.05) is 48.5 Å². The number of benzene rings is 4. The van der Waals surface area contributed by atoms with Crippen molar-refractivity contribution in [3.8, 4) is 11.5 Å². The lowest BCUT2D eigenvalue weighted by Gasteiger charge is -2.36. The highest BCUT2D eigenvalue weighted by Crippen LogP contribution is 2.33. The lowest BCUT2D eigenvalue weighted by molar-refractivity contribution is -0.121. The lowest BCUT2D eigenvalue weighted by Crippen LogP contribution is -2.57.